The van der Waals surface area contributed by atoms with Crippen molar-refractivity contribution in [1.29, 1.82) is 0 Å². The molecule has 0 aliphatic carbocycles. The topological polar surface area (TPSA) is 101 Å². The van der Waals surface area contributed by atoms with Gasteiger partial charge in [-0.15, -0.1) is 0 Å². The Morgan fingerprint density at radius 1 is 1.15 bits per heavy atom. The Balaban J connectivity index is 2.84. The summed E-state index contributed by atoms with van der Waals surface area (Å²) in [6, 6.07) is 7.41. The molecule has 0 saturated heterocycles. The molecule has 0 saturated carbocycles. The van der Waals surface area contributed by atoms with Gasteiger partial charge in [0.1, 0.15) is 12.3 Å². The molecule has 0 fully saturated rings. The Morgan fingerprint density at radius 3 is 2.37 bits per heavy atom. The third-order valence-corrected chi connectivity index (χ3v) is 4.75. The highest BCUT2D eigenvalue weighted by Crippen LogP contribution is 2.07. The number of carbonyl (C=O) groups excluding carboxylic acids is 3. The highest BCUT2D eigenvalue weighted by Gasteiger charge is 2.26. The van der Waals surface area contributed by atoms with E-state index in [9.17, 15) is 14.4 Å². The van der Waals surface area contributed by atoms with Gasteiger partial charge >= 0.3 is 0 Å². The van der Waals surface area contributed by atoms with Gasteiger partial charge in [0.25, 0.3) is 0 Å². The SMILES string of the molecule is CSCC[C@H](N)C(=O)N[C@@H](Cc1ccccc1)C(=O)N[C@H](C=O)CC(C)C. The van der Waals surface area contributed by atoms with E-state index in [2.05, 4.69) is 10.6 Å². The van der Waals surface area contributed by atoms with Crippen molar-refractivity contribution in [2.75, 3.05) is 12.0 Å². The summed E-state index contributed by atoms with van der Waals surface area (Å²) in [5.74, 6) is 0.308. The Bertz CT molecular complexity index is 595. The molecule has 0 heterocycles. The molecule has 7 heteroatoms. The first-order chi connectivity index (χ1) is 12.9. The van der Waals surface area contributed by atoms with Crippen LogP contribution in [0.3, 0.4) is 0 Å². The van der Waals surface area contributed by atoms with Gasteiger partial charge < -0.3 is 21.2 Å². The lowest BCUT2D eigenvalue weighted by Crippen LogP contribution is -2.54. The van der Waals surface area contributed by atoms with E-state index in [1.807, 2.05) is 50.4 Å². The summed E-state index contributed by atoms with van der Waals surface area (Å²) >= 11 is 1.61. The second-order valence-corrected chi connectivity index (χ2v) is 8.01. The molecule has 27 heavy (non-hydrogen) atoms. The summed E-state index contributed by atoms with van der Waals surface area (Å²) < 4.78 is 0. The minimum Gasteiger partial charge on any atom is -0.345 e. The van der Waals surface area contributed by atoms with E-state index in [0.717, 1.165) is 17.6 Å². The predicted octanol–water partition coefficient (Wildman–Crippen LogP) is 1.52. The molecule has 0 bridgehead atoms. The first-order valence-electron chi connectivity index (χ1n) is 9.21. The van der Waals surface area contributed by atoms with E-state index in [4.69, 9.17) is 5.73 Å². The van der Waals surface area contributed by atoms with Crippen LogP contribution in [0, 0.1) is 5.92 Å². The molecule has 0 aromatic heterocycles. The molecule has 150 valence electrons. The van der Waals surface area contributed by atoms with Crippen LogP contribution in [-0.4, -0.2) is 48.2 Å². The highest BCUT2D eigenvalue weighted by atomic mass is 32.2. The maximum atomic E-state index is 12.7. The molecule has 6 nitrogen and oxygen atoms in total. The normalized spacial score (nSPS) is 14.3. The lowest BCUT2D eigenvalue weighted by Gasteiger charge is -2.23. The summed E-state index contributed by atoms with van der Waals surface area (Å²) in [5.41, 5.74) is 6.84. The molecular formula is C20H31N3O3S. The molecule has 4 N–H and O–H groups in total. The third kappa shape index (κ3) is 9.06. The summed E-state index contributed by atoms with van der Waals surface area (Å²) in [6.45, 7) is 3.97. The van der Waals surface area contributed by atoms with Crippen molar-refractivity contribution in [3.63, 3.8) is 0 Å². The van der Waals surface area contributed by atoms with Gasteiger partial charge in [0.15, 0.2) is 0 Å². The maximum absolute atomic E-state index is 12.7. The lowest BCUT2D eigenvalue weighted by molar-refractivity contribution is -0.130. The van der Waals surface area contributed by atoms with E-state index in [1.54, 1.807) is 11.8 Å². The summed E-state index contributed by atoms with van der Waals surface area (Å²) in [7, 11) is 0. The van der Waals surface area contributed by atoms with Gasteiger partial charge in [-0.25, -0.2) is 0 Å². The van der Waals surface area contributed by atoms with Crippen LogP contribution in [0.15, 0.2) is 30.3 Å². The molecule has 2 amide bonds. The number of thioether (sulfide) groups is 1. The van der Waals surface area contributed by atoms with Crippen LogP contribution in [0.5, 0.6) is 0 Å². The molecule has 0 aliphatic heterocycles. The number of hydrogen-bond acceptors (Lipinski definition) is 5. The minimum atomic E-state index is -0.783. The zero-order chi connectivity index (χ0) is 20.2. The van der Waals surface area contributed by atoms with Gasteiger partial charge in [0.2, 0.25) is 11.8 Å². The number of carbonyl (C=O) groups is 3. The van der Waals surface area contributed by atoms with Gasteiger partial charge in [-0.1, -0.05) is 44.2 Å². The number of aldehydes is 1. The summed E-state index contributed by atoms with van der Waals surface area (Å²) in [4.78, 5) is 36.4. The van der Waals surface area contributed by atoms with Crippen molar-refractivity contribution >= 4 is 29.9 Å². The molecule has 1 aromatic carbocycles. The van der Waals surface area contributed by atoms with Crippen molar-refractivity contribution in [2.24, 2.45) is 11.7 Å². The Labute approximate surface area is 166 Å². The number of benzene rings is 1. The smallest absolute Gasteiger partial charge is 0.243 e. The van der Waals surface area contributed by atoms with Gasteiger partial charge in [-0.05, 0) is 36.3 Å². The zero-order valence-electron chi connectivity index (χ0n) is 16.3. The van der Waals surface area contributed by atoms with E-state index in [-0.39, 0.29) is 17.7 Å². The Kier molecular flexibility index (Phi) is 10.7. The summed E-state index contributed by atoms with van der Waals surface area (Å²) in [5, 5.41) is 5.49. The fraction of sp³-hybridized carbons (Fsp3) is 0.550. The zero-order valence-corrected chi connectivity index (χ0v) is 17.1. The van der Waals surface area contributed by atoms with Gasteiger partial charge in [0, 0.05) is 6.42 Å². The van der Waals surface area contributed by atoms with Crippen molar-refractivity contribution < 1.29 is 14.4 Å². The highest BCUT2D eigenvalue weighted by molar-refractivity contribution is 7.98. The average Bonchev–Trinajstić information content (AvgIpc) is 2.65. The molecule has 0 unspecified atom stereocenters. The molecule has 0 spiro atoms. The maximum Gasteiger partial charge on any atom is 0.243 e. The fourth-order valence-electron chi connectivity index (χ4n) is 2.65. The van der Waals surface area contributed by atoms with Crippen LogP contribution in [0.2, 0.25) is 0 Å². The van der Waals surface area contributed by atoms with Gasteiger partial charge in [0.05, 0.1) is 12.1 Å². The Hall–Kier alpha value is -1.86. The predicted molar refractivity (Wildman–Crippen MR) is 111 cm³/mol. The number of rotatable bonds is 12. The van der Waals surface area contributed by atoms with E-state index >= 15 is 0 Å². The van der Waals surface area contributed by atoms with Crippen molar-refractivity contribution in [3.05, 3.63) is 35.9 Å². The van der Waals surface area contributed by atoms with Crippen molar-refractivity contribution in [2.45, 2.75) is 51.2 Å². The van der Waals surface area contributed by atoms with Crippen LogP contribution in [0.25, 0.3) is 0 Å². The Morgan fingerprint density at radius 2 is 1.81 bits per heavy atom. The molecule has 0 radical (unpaired) electrons. The minimum absolute atomic E-state index is 0.266. The second-order valence-electron chi connectivity index (χ2n) is 7.02. The van der Waals surface area contributed by atoms with Crippen LogP contribution in [0.1, 0.15) is 32.3 Å². The first-order valence-corrected chi connectivity index (χ1v) is 10.6. The quantitative estimate of drug-likeness (QED) is 0.468. The van der Waals surface area contributed by atoms with Gasteiger partial charge in [-0.3, -0.25) is 9.59 Å². The van der Waals surface area contributed by atoms with Crippen LogP contribution in [0.4, 0.5) is 0 Å². The average molecular weight is 394 g/mol. The van der Waals surface area contributed by atoms with E-state index in [0.29, 0.717) is 19.3 Å². The summed E-state index contributed by atoms with van der Waals surface area (Å²) in [6.07, 6.45) is 4.11. The van der Waals surface area contributed by atoms with Crippen LogP contribution >= 0.6 is 11.8 Å². The van der Waals surface area contributed by atoms with Crippen molar-refractivity contribution in [3.8, 4) is 0 Å². The molecule has 3 atom stereocenters. The van der Waals surface area contributed by atoms with E-state index in [1.165, 1.54) is 0 Å². The lowest BCUT2D eigenvalue weighted by atomic mass is 10.0. The standard InChI is InChI=1S/C20H31N3O3S/c1-14(2)11-16(13-24)22-20(26)18(12-15-7-5-4-6-8-15)23-19(25)17(21)9-10-27-3/h4-8,13-14,16-18H,9-12,21H2,1-3H3,(H,22,26)(H,23,25)/t16-,17-,18-/m0/s1. The van der Waals surface area contributed by atoms with Gasteiger partial charge in [-0.2, -0.15) is 11.8 Å². The van der Waals surface area contributed by atoms with Crippen molar-refractivity contribution in [1.82, 2.24) is 10.6 Å². The fourth-order valence-corrected chi connectivity index (χ4v) is 3.14. The number of amides is 2. The number of nitrogens with one attached hydrogen (secondary N) is 2. The first kappa shape index (κ1) is 23.2. The molecule has 1 aromatic rings. The second kappa shape index (κ2) is 12.5. The molecular weight excluding hydrogens is 362 g/mol. The molecule has 0 aliphatic rings. The van der Waals surface area contributed by atoms with Crippen LogP contribution < -0.4 is 16.4 Å². The van der Waals surface area contributed by atoms with E-state index < -0.39 is 18.1 Å². The number of nitrogens with two attached hydrogens (primary N) is 1. The van der Waals surface area contributed by atoms with Crippen LogP contribution in [-0.2, 0) is 20.8 Å². The largest absolute Gasteiger partial charge is 0.345 e. The third-order valence-electron chi connectivity index (χ3n) is 4.10. The molecule has 1 rings (SSSR count). The number of hydrogen-bond donors (Lipinski definition) is 3. The monoisotopic (exact) mass is 393 g/mol.